The average Bonchev–Trinajstić information content (AvgIpc) is 3.28. The summed E-state index contributed by atoms with van der Waals surface area (Å²) in [5.74, 6) is 0. The summed E-state index contributed by atoms with van der Waals surface area (Å²) < 4.78 is 31.8. The molecule has 0 aliphatic carbocycles. The van der Waals surface area contributed by atoms with Crippen LogP contribution < -0.4 is 5.32 Å². The first-order chi connectivity index (χ1) is 17.9. The number of imidazole rings is 1. The first-order valence-corrected chi connectivity index (χ1v) is 13.4. The van der Waals surface area contributed by atoms with Gasteiger partial charge in [-0.3, -0.25) is 8.58 Å². The van der Waals surface area contributed by atoms with E-state index in [1.807, 2.05) is 73.0 Å². The summed E-state index contributed by atoms with van der Waals surface area (Å²) in [4.78, 5) is 4.89. The Morgan fingerprint density at radius 2 is 1.78 bits per heavy atom. The highest BCUT2D eigenvalue weighted by Crippen LogP contribution is 2.34. The lowest BCUT2D eigenvalue weighted by atomic mass is 9.97. The number of rotatable bonds is 8. The molecule has 5 aromatic rings. The van der Waals surface area contributed by atoms with Crippen LogP contribution >= 0.6 is 0 Å². The van der Waals surface area contributed by atoms with E-state index < -0.39 is 10.1 Å². The quantitative estimate of drug-likeness (QED) is 0.208. The van der Waals surface area contributed by atoms with Crippen LogP contribution in [0.4, 0.5) is 5.69 Å². The van der Waals surface area contributed by atoms with E-state index in [-0.39, 0.29) is 11.5 Å². The molecule has 0 bridgehead atoms. The van der Waals surface area contributed by atoms with Crippen LogP contribution in [0.1, 0.15) is 23.1 Å². The van der Waals surface area contributed by atoms with Crippen LogP contribution in [0.3, 0.4) is 0 Å². The summed E-state index contributed by atoms with van der Waals surface area (Å²) in [5, 5.41) is 13.0. The van der Waals surface area contributed by atoms with Crippen LogP contribution in [0.15, 0.2) is 83.9 Å². The van der Waals surface area contributed by atoms with E-state index in [0.717, 1.165) is 39.1 Å². The van der Waals surface area contributed by atoms with E-state index in [0.29, 0.717) is 24.0 Å². The minimum atomic E-state index is -3.75. The molecule has 0 amide bonds. The van der Waals surface area contributed by atoms with Gasteiger partial charge in [-0.25, -0.2) is 4.98 Å². The summed E-state index contributed by atoms with van der Waals surface area (Å²) in [6.45, 7) is 4.50. The monoisotopic (exact) mass is 510 g/mol. The van der Waals surface area contributed by atoms with Gasteiger partial charge in [-0.2, -0.15) is 13.7 Å². The molecule has 0 aliphatic rings. The van der Waals surface area contributed by atoms with Crippen molar-refractivity contribution in [2.45, 2.75) is 25.2 Å². The Kier molecular flexibility index (Phi) is 6.66. The number of hydrogen-bond acceptors (Lipinski definition) is 6. The molecule has 5 rings (SSSR count). The normalized spacial score (nSPS) is 11.6. The molecule has 0 unspecified atom stereocenters. The molecule has 0 saturated heterocycles. The Hall–Kier alpha value is -4.19. The number of nitrogens with zero attached hydrogens (tertiary/aromatic N) is 3. The lowest BCUT2D eigenvalue weighted by Gasteiger charge is -2.11. The maximum Gasteiger partial charge on any atom is 0.296 e. The average molecular weight is 511 g/mol. The zero-order valence-corrected chi connectivity index (χ0v) is 21.4. The van der Waals surface area contributed by atoms with Crippen LogP contribution in [-0.4, -0.2) is 31.0 Å². The van der Waals surface area contributed by atoms with Gasteiger partial charge in [-0.1, -0.05) is 35.9 Å². The topological polar surface area (TPSA) is 96.5 Å². The molecule has 0 spiro atoms. The second kappa shape index (κ2) is 10.1. The number of benzene rings is 3. The second-order valence-electron chi connectivity index (χ2n) is 8.91. The molecule has 2 aromatic heterocycles. The van der Waals surface area contributed by atoms with Crippen LogP contribution in [0.2, 0.25) is 0 Å². The van der Waals surface area contributed by atoms with E-state index in [1.54, 1.807) is 24.3 Å². The number of nitrogens with one attached hydrogen (secondary N) is 1. The lowest BCUT2D eigenvalue weighted by molar-refractivity contribution is 0.316. The number of aromatic nitrogens is 2. The molecule has 1 N–H and O–H groups in total. The summed E-state index contributed by atoms with van der Waals surface area (Å²) in [6.07, 6.45) is 2.49. The highest BCUT2D eigenvalue weighted by molar-refractivity contribution is 7.86. The summed E-state index contributed by atoms with van der Waals surface area (Å²) >= 11 is 0. The number of nitriles is 1. The Morgan fingerprint density at radius 3 is 2.51 bits per heavy atom. The van der Waals surface area contributed by atoms with Gasteiger partial charge in [0, 0.05) is 24.0 Å². The van der Waals surface area contributed by atoms with Crippen molar-refractivity contribution in [2.24, 2.45) is 0 Å². The van der Waals surface area contributed by atoms with Crippen molar-refractivity contribution >= 4 is 32.5 Å². The fraction of sp³-hybridized carbons (Fsp3) is 0.172. The van der Waals surface area contributed by atoms with Gasteiger partial charge in [0.1, 0.15) is 17.2 Å². The van der Waals surface area contributed by atoms with Crippen molar-refractivity contribution in [3.8, 4) is 17.2 Å². The van der Waals surface area contributed by atoms with Gasteiger partial charge in [0.05, 0.1) is 22.6 Å². The molecule has 8 heteroatoms. The van der Waals surface area contributed by atoms with Crippen molar-refractivity contribution in [1.82, 2.24) is 9.38 Å². The van der Waals surface area contributed by atoms with E-state index in [4.69, 9.17) is 9.17 Å². The van der Waals surface area contributed by atoms with Crippen LogP contribution in [0, 0.1) is 25.2 Å². The maximum absolute atomic E-state index is 12.3. The lowest BCUT2D eigenvalue weighted by Crippen LogP contribution is -2.11. The van der Waals surface area contributed by atoms with Gasteiger partial charge in [-0.05, 0) is 73.9 Å². The molecule has 2 heterocycles. The number of anilines is 1. The number of hydrogen-bond donors (Lipinski definition) is 1. The predicted octanol–water partition coefficient (Wildman–Crippen LogP) is 5.85. The highest BCUT2D eigenvalue weighted by atomic mass is 32.2. The molecule has 0 saturated carbocycles. The van der Waals surface area contributed by atoms with Gasteiger partial charge in [-0.15, -0.1) is 0 Å². The Bertz CT molecular complexity index is 1730. The molecule has 0 fully saturated rings. The third kappa shape index (κ3) is 4.92. The predicted molar refractivity (Wildman–Crippen MR) is 145 cm³/mol. The molecule has 0 aliphatic heterocycles. The van der Waals surface area contributed by atoms with Crippen molar-refractivity contribution in [3.63, 3.8) is 0 Å². The second-order valence-corrected chi connectivity index (χ2v) is 10.5. The zero-order valence-electron chi connectivity index (χ0n) is 20.6. The summed E-state index contributed by atoms with van der Waals surface area (Å²) in [5.41, 5.74) is 7.82. The molecule has 186 valence electrons. The van der Waals surface area contributed by atoms with Crippen LogP contribution in [0.5, 0.6) is 0 Å². The largest absolute Gasteiger partial charge is 0.385 e. The zero-order chi connectivity index (χ0) is 26.0. The fourth-order valence-electron chi connectivity index (χ4n) is 4.35. The van der Waals surface area contributed by atoms with Gasteiger partial charge in [0.15, 0.2) is 0 Å². The number of pyridine rings is 1. The molecule has 7 nitrogen and oxygen atoms in total. The molecule has 0 radical (unpaired) electrons. The minimum Gasteiger partial charge on any atom is -0.385 e. The van der Waals surface area contributed by atoms with Crippen molar-refractivity contribution in [3.05, 3.63) is 95.7 Å². The SMILES string of the molecule is Cc1ccc(S(=O)(=O)OCCCNc2ccc(-c3cc(C)c(C#N)c4nc5ccccn5c34)cc2)cc1. The fourth-order valence-corrected chi connectivity index (χ4v) is 5.29. The Morgan fingerprint density at radius 1 is 1.03 bits per heavy atom. The van der Waals surface area contributed by atoms with Crippen molar-refractivity contribution in [1.29, 1.82) is 5.26 Å². The molecular formula is C29H26N4O3S. The Labute approximate surface area is 216 Å². The van der Waals surface area contributed by atoms with Gasteiger partial charge in [0.2, 0.25) is 0 Å². The van der Waals surface area contributed by atoms with Gasteiger partial charge in [0.25, 0.3) is 10.1 Å². The summed E-state index contributed by atoms with van der Waals surface area (Å²) in [6, 6.07) is 24.8. The van der Waals surface area contributed by atoms with E-state index >= 15 is 0 Å². The van der Waals surface area contributed by atoms with Crippen molar-refractivity contribution < 1.29 is 12.6 Å². The standard InChI is InChI=1S/C29H26N4O3S/c1-20-7-13-24(14-8-20)37(34,35)36-17-5-15-31-23-11-9-22(10-12-23)25-18-21(2)26(19-30)28-29(25)33-16-4-3-6-27(33)32-28/h3-4,6-14,16,18,31H,5,15,17H2,1-2H3. The first-order valence-electron chi connectivity index (χ1n) is 12.0. The summed E-state index contributed by atoms with van der Waals surface area (Å²) in [7, 11) is -3.75. The number of fused-ring (bicyclic) bond motifs is 3. The smallest absolute Gasteiger partial charge is 0.296 e. The Balaban J connectivity index is 1.28. The molecule has 3 aromatic carbocycles. The van der Waals surface area contributed by atoms with Gasteiger partial charge < -0.3 is 5.32 Å². The number of aryl methyl sites for hydroxylation is 2. The van der Waals surface area contributed by atoms with Crippen LogP contribution in [0.25, 0.3) is 27.8 Å². The molecular weight excluding hydrogens is 484 g/mol. The van der Waals surface area contributed by atoms with E-state index in [9.17, 15) is 13.7 Å². The molecule has 0 atom stereocenters. The third-order valence-electron chi connectivity index (χ3n) is 6.28. The minimum absolute atomic E-state index is 0.0953. The maximum atomic E-state index is 12.3. The van der Waals surface area contributed by atoms with E-state index in [1.165, 1.54) is 0 Å². The first kappa shape index (κ1) is 24.5. The van der Waals surface area contributed by atoms with E-state index in [2.05, 4.69) is 11.4 Å². The van der Waals surface area contributed by atoms with Crippen molar-refractivity contribution in [2.75, 3.05) is 18.5 Å². The van der Waals surface area contributed by atoms with Crippen LogP contribution in [-0.2, 0) is 14.3 Å². The molecule has 37 heavy (non-hydrogen) atoms. The highest BCUT2D eigenvalue weighted by Gasteiger charge is 2.17. The van der Waals surface area contributed by atoms with Gasteiger partial charge >= 0.3 is 0 Å². The third-order valence-corrected chi connectivity index (χ3v) is 7.61.